The van der Waals surface area contributed by atoms with Crippen molar-refractivity contribution in [1.29, 1.82) is 0 Å². The minimum absolute atomic E-state index is 1.33. The highest BCUT2D eigenvalue weighted by Crippen LogP contribution is 2.43. The van der Waals surface area contributed by atoms with Crippen molar-refractivity contribution >= 4 is 97.8 Å². The van der Waals surface area contributed by atoms with Crippen LogP contribution in [-0.2, 0) is 0 Å². The molecule has 0 nitrogen and oxygen atoms in total. The molecule has 0 N–H and O–H groups in total. The summed E-state index contributed by atoms with van der Waals surface area (Å²) < 4.78 is 5.77. The molecule has 4 heteroatoms. The Labute approximate surface area is 204 Å². The van der Waals surface area contributed by atoms with E-state index in [9.17, 15) is 0 Å². The van der Waals surface area contributed by atoms with Gasteiger partial charge in [0, 0.05) is 59.9 Å². The molecule has 0 amide bonds. The predicted octanol–water partition coefficient (Wildman–Crippen LogP) is 10.6. The predicted molar refractivity (Wildman–Crippen MR) is 152 cm³/mol. The fourth-order valence-electron chi connectivity index (χ4n) is 4.77. The van der Waals surface area contributed by atoms with E-state index in [0.29, 0.717) is 0 Å². The molecule has 6 rings (SSSR count). The van der Waals surface area contributed by atoms with Gasteiger partial charge in [0.2, 0.25) is 0 Å². The van der Waals surface area contributed by atoms with Crippen LogP contribution in [0, 0.1) is 41.5 Å². The quantitative estimate of drug-likeness (QED) is 0.227. The van der Waals surface area contributed by atoms with Crippen LogP contribution < -0.4 is 0 Å². The number of rotatable bonds is 2. The van der Waals surface area contributed by atoms with Crippen molar-refractivity contribution in [3.05, 3.63) is 66.0 Å². The molecule has 0 unspecified atom stereocenters. The number of fused-ring (bicyclic) bond motifs is 6. The van der Waals surface area contributed by atoms with E-state index in [0.717, 1.165) is 0 Å². The molecule has 0 radical (unpaired) electrons. The third-order valence-corrected chi connectivity index (χ3v) is 11.5. The Morgan fingerprint density at radius 3 is 1.12 bits per heavy atom. The molecule has 0 aliphatic carbocycles. The average Bonchev–Trinajstić information content (AvgIpc) is 3.52. The van der Waals surface area contributed by atoms with E-state index >= 15 is 0 Å². The lowest BCUT2D eigenvalue weighted by Crippen LogP contribution is -1.80. The van der Waals surface area contributed by atoms with Crippen molar-refractivity contribution in [2.75, 3.05) is 0 Å². The van der Waals surface area contributed by atoms with Crippen molar-refractivity contribution in [2.45, 2.75) is 41.5 Å². The van der Waals surface area contributed by atoms with Crippen LogP contribution in [0.5, 0.6) is 0 Å². The summed E-state index contributed by atoms with van der Waals surface area (Å²) in [6, 6.07) is 9.50. The second-order valence-electron chi connectivity index (χ2n) is 8.82. The van der Waals surface area contributed by atoms with Crippen LogP contribution in [0.4, 0.5) is 0 Å². The molecule has 2 aromatic carbocycles. The Morgan fingerprint density at radius 2 is 0.750 bits per heavy atom. The van der Waals surface area contributed by atoms with Crippen molar-refractivity contribution in [3.8, 4) is 0 Å². The summed E-state index contributed by atoms with van der Waals surface area (Å²) in [7, 11) is 0. The molecule has 0 spiro atoms. The first-order valence-electron chi connectivity index (χ1n) is 10.9. The van der Waals surface area contributed by atoms with Gasteiger partial charge in [0.1, 0.15) is 0 Å². The summed E-state index contributed by atoms with van der Waals surface area (Å²) in [6.07, 6.45) is 4.63. The summed E-state index contributed by atoms with van der Waals surface area (Å²) in [6.45, 7) is 13.5. The maximum absolute atomic E-state index is 2.39. The van der Waals surface area contributed by atoms with Crippen molar-refractivity contribution < 1.29 is 0 Å². The first-order chi connectivity index (χ1) is 15.3. The maximum atomic E-state index is 2.39. The molecule has 32 heavy (non-hydrogen) atoms. The van der Waals surface area contributed by atoms with Gasteiger partial charge in [-0.1, -0.05) is 0 Å². The minimum Gasteiger partial charge on any atom is -0.140 e. The van der Waals surface area contributed by atoms with Crippen LogP contribution in [0.2, 0.25) is 0 Å². The summed E-state index contributed by atoms with van der Waals surface area (Å²) in [5, 5.41) is 5.67. The van der Waals surface area contributed by atoms with Gasteiger partial charge in [-0.05, 0) is 100 Å². The Bertz CT molecular complexity index is 1600. The molecule has 4 heterocycles. The average molecular weight is 489 g/mol. The summed E-state index contributed by atoms with van der Waals surface area (Å²) in [5.74, 6) is 0. The van der Waals surface area contributed by atoms with Crippen LogP contribution in [0.3, 0.4) is 0 Å². The van der Waals surface area contributed by atoms with Gasteiger partial charge in [-0.15, -0.1) is 45.3 Å². The highest BCUT2D eigenvalue weighted by atomic mass is 32.1. The highest BCUT2D eigenvalue weighted by Gasteiger charge is 2.15. The highest BCUT2D eigenvalue weighted by molar-refractivity contribution is 7.22. The summed E-state index contributed by atoms with van der Waals surface area (Å²) >= 11 is 7.70. The third-order valence-electron chi connectivity index (χ3n) is 6.69. The first-order valence-corrected chi connectivity index (χ1v) is 14.1. The number of benzene rings is 2. The lowest BCUT2D eigenvalue weighted by Gasteiger charge is -2.03. The molecule has 6 aromatic rings. The number of thiophene rings is 4. The molecule has 160 valence electrons. The molecule has 0 fully saturated rings. The van der Waals surface area contributed by atoms with Gasteiger partial charge < -0.3 is 0 Å². The van der Waals surface area contributed by atoms with Gasteiger partial charge in [0.05, 0.1) is 0 Å². The third kappa shape index (κ3) is 2.97. The van der Waals surface area contributed by atoms with E-state index in [4.69, 9.17) is 0 Å². The summed E-state index contributed by atoms with van der Waals surface area (Å²) in [4.78, 5) is 5.45. The molecular weight excluding hydrogens is 465 g/mol. The molecule has 0 bridgehead atoms. The topological polar surface area (TPSA) is 0 Å². The Balaban J connectivity index is 1.49. The van der Waals surface area contributed by atoms with Crippen LogP contribution >= 0.6 is 45.3 Å². The molecule has 0 aliphatic heterocycles. The van der Waals surface area contributed by atoms with E-state index < -0.39 is 0 Å². The second kappa shape index (κ2) is 7.26. The lowest BCUT2D eigenvalue weighted by atomic mass is 10.0. The monoisotopic (exact) mass is 488 g/mol. The Kier molecular flexibility index (Phi) is 4.68. The Morgan fingerprint density at radius 1 is 0.438 bits per heavy atom. The lowest BCUT2D eigenvalue weighted by molar-refractivity contribution is 1.44. The standard InChI is InChI=1S/C28H24S4/c1-13-9-21-23-11-19(31-27(23)17(5)15(3)25(21)29-13)7-8-20-12-24-22-10-14(2)30-26(22)16(4)18(6)28(24)32-20/h7-12H,1-6H3. The van der Waals surface area contributed by atoms with Gasteiger partial charge in [0.25, 0.3) is 0 Å². The molecule has 0 saturated heterocycles. The molecule has 4 aromatic heterocycles. The molecule has 0 atom stereocenters. The minimum atomic E-state index is 1.33. The number of aryl methyl sites for hydroxylation is 6. The largest absolute Gasteiger partial charge is 0.140 e. The fourth-order valence-corrected chi connectivity index (χ4v) is 9.21. The van der Waals surface area contributed by atoms with Gasteiger partial charge >= 0.3 is 0 Å². The summed E-state index contributed by atoms with van der Waals surface area (Å²) in [5.41, 5.74) is 5.74. The zero-order chi connectivity index (χ0) is 22.3. The van der Waals surface area contributed by atoms with E-state index in [-0.39, 0.29) is 0 Å². The second-order valence-corrected chi connectivity index (χ2v) is 13.5. The van der Waals surface area contributed by atoms with E-state index in [1.807, 2.05) is 45.3 Å². The normalized spacial score (nSPS) is 12.6. The van der Waals surface area contributed by atoms with Gasteiger partial charge in [-0.3, -0.25) is 0 Å². The van der Waals surface area contributed by atoms with Crippen LogP contribution in [-0.4, -0.2) is 0 Å². The zero-order valence-electron chi connectivity index (χ0n) is 19.1. The van der Waals surface area contributed by atoms with Crippen LogP contribution in [0.25, 0.3) is 52.5 Å². The number of hydrogen-bond acceptors (Lipinski definition) is 4. The van der Waals surface area contributed by atoms with Gasteiger partial charge in [-0.2, -0.15) is 0 Å². The van der Waals surface area contributed by atoms with Crippen LogP contribution in [0.15, 0.2) is 24.3 Å². The Hall–Kier alpha value is -1.98. The molecule has 0 aliphatic rings. The smallest absolute Gasteiger partial charge is 0.0388 e. The van der Waals surface area contributed by atoms with E-state index in [2.05, 4.69) is 78.0 Å². The van der Waals surface area contributed by atoms with Crippen molar-refractivity contribution in [2.24, 2.45) is 0 Å². The van der Waals surface area contributed by atoms with Crippen molar-refractivity contribution in [3.63, 3.8) is 0 Å². The van der Waals surface area contributed by atoms with Gasteiger partial charge in [-0.25, -0.2) is 0 Å². The SMILES string of the molecule is Cc1cc2c(s1)c(C)c(C)c1sc(C=Cc3cc4c(s3)c(C)c(C)c3sc(C)cc34)cc12. The maximum Gasteiger partial charge on any atom is 0.0388 e. The zero-order valence-corrected chi connectivity index (χ0v) is 22.4. The first kappa shape index (κ1) is 20.6. The fraction of sp³-hybridized carbons (Fsp3) is 0.214. The number of hydrogen-bond donors (Lipinski definition) is 0. The van der Waals surface area contributed by atoms with Crippen LogP contribution in [0.1, 0.15) is 41.8 Å². The molecule has 0 saturated carbocycles. The van der Waals surface area contributed by atoms with E-state index in [1.165, 1.54) is 82.1 Å². The van der Waals surface area contributed by atoms with Gasteiger partial charge in [0.15, 0.2) is 0 Å². The van der Waals surface area contributed by atoms with E-state index in [1.54, 1.807) is 0 Å². The van der Waals surface area contributed by atoms with Crippen molar-refractivity contribution in [1.82, 2.24) is 0 Å². The molecular formula is C28H24S4.